The number of amides is 2. The Bertz CT molecular complexity index is 1120. The number of hydrogen-bond acceptors (Lipinski definition) is 8. The summed E-state index contributed by atoms with van der Waals surface area (Å²) in [4.78, 5) is 43.9. The number of aliphatic hydroxyl groups is 2. The number of aliphatic carboxylic acids is 1. The standard InChI is InChI=1S/C24H43NO4.C23H41NO4.Na/c1-24(2,28)20-18-16-14-12-10-8-6-4-5-7-9-11-13-15-17-19-22(26)25-21-23(27)29-3;1-23(2,28)19-17-15-13-11-9-7-5-3-4-6-8-10-12-14-16-18-21(25)24-20-22(26)27;/h11-14,28H,4-10,15-21H2,1-3H3,(H,25,26);10-13,28H,3-9,14-20H2,1-2H3,(H,24,25)(H,26,27);/q;;+1/p-1/b13-11-,14-12-;12-10-,13-11-;. The van der Waals surface area contributed by atoms with E-state index in [2.05, 4.69) is 64.0 Å². The maximum absolute atomic E-state index is 11.5. The first-order valence-electron chi connectivity index (χ1n) is 22.0. The van der Waals surface area contributed by atoms with Gasteiger partial charge >= 0.3 is 35.5 Å². The summed E-state index contributed by atoms with van der Waals surface area (Å²) >= 11 is 0. The molecule has 0 aliphatic rings. The molecule has 10 nitrogen and oxygen atoms in total. The van der Waals surface area contributed by atoms with Crippen LogP contribution in [0.2, 0.25) is 0 Å². The zero-order chi connectivity index (χ0) is 42.9. The number of carboxylic acid groups (broad SMARTS) is 1. The molecule has 0 rings (SSSR count). The first-order chi connectivity index (χ1) is 27.2. The number of carbonyl (C=O) groups excluding carboxylic acids is 4. The van der Waals surface area contributed by atoms with Gasteiger partial charge in [-0.25, -0.2) is 0 Å². The van der Waals surface area contributed by atoms with Gasteiger partial charge in [0.15, 0.2) is 0 Å². The quantitative estimate of drug-likeness (QED) is 0.0257. The van der Waals surface area contributed by atoms with Gasteiger partial charge in [-0.1, -0.05) is 87.1 Å². The normalized spacial score (nSPS) is 11.8. The van der Waals surface area contributed by atoms with E-state index < -0.39 is 29.7 Å². The van der Waals surface area contributed by atoms with Crippen LogP contribution in [0.15, 0.2) is 48.6 Å². The SMILES string of the molecule is CC(C)(O)CCC/C=C\CCCCCCC/C=C\CCCC(=O)NCC(=O)[O-].COC(=O)CNC(=O)CCC/C=C\CCCCCCC/C=C\CCCC(C)(C)O.[Na+]. The molecule has 0 aromatic heterocycles. The van der Waals surface area contributed by atoms with E-state index in [1.807, 2.05) is 27.7 Å². The Kier molecular flexibility index (Phi) is 44.4. The summed E-state index contributed by atoms with van der Waals surface area (Å²) in [5, 5.41) is 34.3. The van der Waals surface area contributed by atoms with Gasteiger partial charge in [0, 0.05) is 12.8 Å². The Morgan fingerprint density at radius 2 is 0.759 bits per heavy atom. The number of ether oxygens (including phenoxy) is 1. The number of carbonyl (C=O) groups is 4. The predicted molar refractivity (Wildman–Crippen MR) is 232 cm³/mol. The smallest absolute Gasteiger partial charge is 0.548 e. The van der Waals surface area contributed by atoms with Gasteiger partial charge in [0.1, 0.15) is 6.54 Å². The van der Waals surface area contributed by atoms with Crippen molar-refractivity contribution in [1.82, 2.24) is 10.6 Å². The van der Waals surface area contributed by atoms with Gasteiger partial charge in [0.05, 0.1) is 30.8 Å². The van der Waals surface area contributed by atoms with Crippen molar-refractivity contribution < 1.29 is 68.8 Å². The van der Waals surface area contributed by atoms with Crippen LogP contribution in [0.25, 0.3) is 0 Å². The third kappa shape index (κ3) is 55.9. The van der Waals surface area contributed by atoms with Gasteiger partial charge in [-0.2, -0.15) is 0 Å². The Labute approximate surface area is 375 Å². The summed E-state index contributed by atoms with van der Waals surface area (Å²) in [6.45, 7) is 6.99. The third-order valence-electron chi connectivity index (χ3n) is 9.11. The fourth-order valence-corrected chi connectivity index (χ4v) is 5.71. The van der Waals surface area contributed by atoms with Crippen molar-refractivity contribution in [2.45, 2.75) is 206 Å². The van der Waals surface area contributed by atoms with Crippen molar-refractivity contribution in [1.29, 1.82) is 0 Å². The largest absolute Gasteiger partial charge is 1.00 e. The number of nitrogens with one attached hydrogen (secondary N) is 2. The Balaban J connectivity index is -0.00000103. The van der Waals surface area contributed by atoms with Crippen molar-refractivity contribution in [3.63, 3.8) is 0 Å². The van der Waals surface area contributed by atoms with E-state index in [-0.39, 0.29) is 47.9 Å². The molecule has 0 saturated carbocycles. The first-order valence-corrected chi connectivity index (χ1v) is 22.0. The van der Waals surface area contributed by atoms with Crippen LogP contribution in [0.1, 0.15) is 195 Å². The first kappa shape index (κ1) is 60.1. The maximum Gasteiger partial charge on any atom is 1.00 e. The van der Waals surface area contributed by atoms with Crippen molar-refractivity contribution in [3.05, 3.63) is 48.6 Å². The van der Waals surface area contributed by atoms with Crippen LogP contribution in [0.5, 0.6) is 0 Å². The molecular formula is C47H83N2NaO8. The summed E-state index contributed by atoms with van der Waals surface area (Å²) in [5.74, 6) is -2.02. The minimum atomic E-state index is -1.26. The fraction of sp³-hybridized carbons (Fsp3) is 0.745. The van der Waals surface area contributed by atoms with Gasteiger partial charge in [0.25, 0.3) is 0 Å². The van der Waals surface area contributed by atoms with E-state index in [0.29, 0.717) is 12.8 Å². The summed E-state index contributed by atoms with van der Waals surface area (Å²) in [5.41, 5.74) is -1.08. The number of unbranched alkanes of at least 4 members (excludes halogenated alkanes) is 16. The minimum absolute atomic E-state index is 0. The van der Waals surface area contributed by atoms with Crippen molar-refractivity contribution in [2.75, 3.05) is 20.2 Å². The van der Waals surface area contributed by atoms with Crippen LogP contribution in [-0.4, -0.2) is 65.4 Å². The maximum atomic E-state index is 11.5. The minimum Gasteiger partial charge on any atom is -0.548 e. The van der Waals surface area contributed by atoms with Gasteiger partial charge in [-0.05, 0) is 143 Å². The number of hydrogen-bond donors (Lipinski definition) is 4. The second-order valence-corrected chi connectivity index (χ2v) is 16.3. The molecule has 330 valence electrons. The fourth-order valence-electron chi connectivity index (χ4n) is 5.71. The molecule has 0 atom stereocenters. The van der Waals surface area contributed by atoms with Gasteiger partial charge in [-0.3, -0.25) is 14.4 Å². The zero-order valence-electron chi connectivity index (χ0n) is 37.8. The van der Waals surface area contributed by atoms with Crippen LogP contribution in [0, 0.1) is 0 Å². The van der Waals surface area contributed by atoms with E-state index in [1.54, 1.807) is 0 Å². The van der Waals surface area contributed by atoms with Crippen LogP contribution >= 0.6 is 0 Å². The Hall–Kier alpha value is -2.24. The van der Waals surface area contributed by atoms with Crippen LogP contribution < -0.4 is 45.3 Å². The summed E-state index contributed by atoms with van der Waals surface area (Å²) in [6, 6.07) is 0. The molecule has 0 fully saturated rings. The average Bonchev–Trinajstić information content (AvgIpc) is 3.14. The van der Waals surface area contributed by atoms with Gasteiger partial charge < -0.3 is 35.5 Å². The Morgan fingerprint density at radius 1 is 0.483 bits per heavy atom. The summed E-state index contributed by atoms with van der Waals surface area (Å²) < 4.78 is 4.47. The zero-order valence-corrected chi connectivity index (χ0v) is 39.8. The molecule has 0 heterocycles. The number of methoxy groups -OCH3 is 1. The monoisotopic (exact) mass is 827 g/mol. The molecule has 0 aliphatic heterocycles. The van der Waals surface area contributed by atoms with E-state index in [1.165, 1.54) is 71.3 Å². The molecule has 0 bridgehead atoms. The van der Waals surface area contributed by atoms with Crippen molar-refractivity contribution in [3.8, 4) is 0 Å². The van der Waals surface area contributed by atoms with Gasteiger partial charge in [0.2, 0.25) is 11.8 Å². The van der Waals surface area contributed by atoms with Crippen molar-refractivity contribution >= 4 is 23.8 Å². The number of allylic oxidation sites excluding steroid dienone is 8. The average molecular weight is 827 g/mol. The number of rotatable bonds is 36. The van der Waals surface area contributed by atoms with Gasteiger partial charge in [-0.15, -0.1) is 0 Å². The number of esters is 1. The molecule has 0 saturated heterocycles. The second kappa shape index (κ2) is 42.9. The van der Waals surface area contributed by atoms with Crippen LogP contribution in [-0.2, 0) is 23.9 Å². The van der Waals surface area contributed by atoms with E-state index in [0.717, 1.165) is 89.9 Å². The topological polar surface area (TPSA) is 165 Å². The molecule has 0 aromatic rings. The molecule has 0 aromatic carbocycles. The van der Waals surface area contributed by atoms with Crippen LogP contribution in [0.4, 0.5) is 0 Å². The molecule has 0 unspecified atom stereocenters. The second-order valence-electron chi connectivity index (χ2n) is 16.3. The summed E-state index contributed by atoms with van der Waals surface area (Å²) in [6.07, 6.45) is 44.8. The van der Waals surface area contributed by atoms with E-state index >= 15 is 0 Å². The van der Waals surface area contributed by atoms with E-state index in [9.17, 15) is 34.5 Å². The molecule has 0 aliphatic carbocycles. The Morgan fingerprint density at radius 3 is 1.05 bits per heavy atom. The molecule has 11 heteroatoms. The molecule has 2 amide bonds. The van der Waals surface area contributed by atoms with Crippen molar-refractivity contribution in [2.24, 2.45) is 0 Å². The number of carboxylic acids is 1. The molecule has 0 spiro atoms. The van der Waals surface area contributed by atoms with Crippen LogP contribution in [0.3, 0.4) is 0 Å². The molecular weight excluding hydrogens is 744 g/mol. The summed E-state index contributed by atoms with van der Waals surface area (Å²) in [7, 11) is 1.31. The third-order valence-corrected chi connectivity index (χ3v) is 9.11. The molecule has 58 heavy (non-hydrogen) atoms. The predicted octanol–water partition coefficient (Wildman–Crippen LogP) is 6.04. The molecule has 4 N–H and O–H groups in total. The van der Waals surface area contributed by atoms with E-state index in [4.69, 9.17) is 0 Å². The molecule has 0 radical (unpaired) electrons.